The van der Waals surface area contributed by atoms with Crippen LogP contribution < -0.4 is 5.32 Å². The smallest absolute Gasteiger partial charge is 0.326 e. The number of carbonyl (C=O) groups is 2. The number of carbonyl (C=O) groups excluding carboxylic acids is 1. The van der Waals surface area contributed by atoms with Crippen LogP contribution in [-0.2, 0) is 11.3 Å². The van der Waals surface area contributed by atoms with E-state index >= 15 is 0 Å². The maximum absolute atomic E-state index is 11.9. The van der Waals surface area contributed by atoms with E-state index in [0.29, 0.717) is 19.4 Å². The highest BCUT2D eigenvalue weighted by Crippen LogP contribution is 2.03. The van der Waals surface area contributed by atoms with Gasteiger partial charge in [-0.1, -0.05) is 19.4 Å². The van der Waals surface area contributed by atoms with E-state index in [1.54, 1.807) is 25.5 Å². The summed E-state index contributed by atoms with van der Waals surface area (Å²) >= 11 is 0. The summed E-state index contributed by atoms with van der Waals surface area (Å²) in [7, 11) is 1.62. The molecule has 104 valence electrons. The van der Waals surface area contributed by atoms with Crippen LogP contribution in [0.5, 0.6) is 0 Å². The Hall–Kier alpha value is -2.11. The molecular weight excluding hydrogens is 246 g/mol. The summed E-state index contributed by atoms with van der Waals surface area (Å²) in [5.41, 5.74) is 0.891. The Morgan fingerprint density at radius 1 is 1.53 bits per heavy atom. The van der Waals surface area contributed by atoms with Crippen molar-refractivity contribution in [2.75, 3.05) is 7.05 Å². The molecule has 1 aromatic rings. The van der Waals surface area contributed by atoms with E-state index in [1.807, 2.05) is 13.0 Å². The molecule has 0 fully saturated rings. The third-order valence-electron chi connectivity index (χ3n) is 2.66. The van der Waals surface area contributed by atoms with E-state index < -0.39 is 18.0 Å². The molecule has 1 heterocycles. The number of nitrogens with one attached hydrogen (secondary N) is 1. The lowest BCUT2D eigenvalue weighted by molar-refractivity contribution is -0.139. The molecule has 0 spiro atoms. The van der Waals surface area contributed by atoms with Gasteiger partial charge in [0.25, 0.3) is 0 Å². The highest BCUT2D eigenvalue weighted by molar-refractivity contribution is 5.82. The molecule has 1 aromatic heterocycles. The van der Waals surface area contributed by atoms with Crippen molar-refractivity contribution >= 4 is 12.0 Å². The molecule has 0 aliphatic heterocycles. The minimum absolute atomic E-state index is 0.387. The van der Waals surface area contributed by atoms with Gasteiger partial charge in [-0.25, -0.2) is 9.59 Å². The standard InChI is InChI=1S/C13H19N3O3/c1-3-5-11(12(17)18)15-13(19)16(2)9-10-6-4-7-14-8-10/h4,6-8,11H,3,5,9H2,1-2H3,(H,15,19)(H,17,18). The summed E-state index contributed by atoms with van der Waals surface area (Å²) in [6, 6.07) is 2.41. The summed E-state index contributed by atoms with van der Waals surface area (Å²) in [6.07, 6.45) is 4.45. The zero-order chi connectivity index (χ0) is 14.3. The van der Waals surface area contributed by atoms with Gasteiger partial charge in [-0.3, -0.25) is 4.98 Å². The first-order valence-corrected chi connectivity index (χ1v) is 6.18. The molecule has 2 N–H and O–H groups in total. The fourth-order valence-electron chi connectivity index (χ4n) is 1.64. The number of carboxylic acids is 1. The molecule has 0 aliphatic rings. The average molecular weight is 265 g/mol. The molecule has 19 heavy (non-hydrogen) atoms. The molecule has 0 radical (unpaired) electrons. The van der Waals surface area contributed by atoms with Crippen LogP contribution in [0.4, 0.5) is 4.79 Å². The Labute approximate surface area is 112 Å². The Balaban J connectivity index is 2.54. The predicted octanol–water partition coefficient (Wildman–Crippen LogP) is 1.48. The molecule has 0 bridgehead atoms. The second kappa shape index (κ2) is 7.35. The first-order chi connectivity index (χ1) is 9.04. The second-order valence-electron chi connectivity index (χ2n) is 4.35. The number of pyridine rings is 1. The molecule has 1 unspecified atom stereocenters. The van der Waals surface area contributed by atoms with Gasteiger partial charge in [0, 0.05) is 26.0 Å². The van der Waals surface area contributed by atoms with Crippen LogP contribution in [0, 0.1) is 0 Å². The monoisotopic (exact) mass is 265 g/mol. The normalized spacial score (nSPS) is 11.7. The molecule has 1 atom stereocenters. The molecule has 0 aromatic carbocycles. The van der Waals surface area contributed by atoms with Gasteiger partial charge in [-0.05, 0) is 18.1 Å². The van der Waals surface area contributed by atoms with Crippen molar-refractivity contribution in [2.24, 2.45) is 0 Å². The fraction of sp³-hybridized carbons (Fsp3) is 0.462. The van der Waals surface area contributed by atoms with Crippen LogP contribution in [0.15, 0.2) is 24.5 Å². The Morgan fingerprint density at radius 3 is 2.79 bits per heavy atom. The summed E-state index contributed by atoms with van der Waals surface area (Å²) in [5, 5.41) is 11.5. The highest BCUT2D eigenvalue weighted by Gasteiger charge is 2.20. The van der Waals surface area contributed by atoms with Crippen molar-refractivity contribution in [3.05, 3.63) is 30.1 Å². The van der Waals surface area contributed by atoms with Crippen LogP contribution >= 0.6 is 0 Å². The first-order valence-electron chi connectivity index (χ1n) is 6.18. The van der Waals surface area contributed by atoms with Gasteiger partial charge in [0.1, 0.15) is 6.04 Å². The van der Waals surface area contributed by atoms with Crippen LogP contribution in [-0.4, -0.2) is 40.1 Å². The van der Waals surface area contributed by atoms with Gasteiger partial charge in [0.15, 0.2) is 0 Å². The van der Waals surface area contributed by atoms with E-state index in [0.717, 1.165) is 5.56 Å². The number of rotatable bonds is 6. The third-order valence-corrected chi connectivity index (χ3v) is 2.66. The van der Waals surface area contributed by atoms with Gasteiger partial charge in [0.2, 0.25) is 0 Å². The number of aromatic nitrogens is 1. The van der Waals surface area contributed by atoms with E-state index in [2.05, 4.69) is 10.3 Å². The van der Waals surface area contributed by atoms with Crippen molar-refractivity contribution < 1.29 is 14.7 Å². The number of hydrogen-bond acceptors (Lipinski definition) is 3. The number of hydrogen-bond donors (Lipinski definition) is 2. The Morgan fingerprint density at radius 2 is 2.26 bits per heavy atom. The molecular formula is C13H19N3O3. The van der Waals surface area contributed by atoms with E-state index in [9.17, 15) is 9.59 Å². The molecule has 1 rings (SSSR count). The molecule has 0 aliphatic carbocycles. The Bertz CT molecular complexity index is 422. The molecule has 6 nitrogen and oxygen atoms in total. The lowest BCUT2D eigenvalue weighted by Gasteiger charge is -2.21. The van der Waals surface area contributed by atoms with Gasteiger partial charge in [0.05, 0.1) is 0 Å². The van der Waals surface area contributed by atoms with E-state index in [4.69, 9.17) is 5.11 Å². The second-order valence-corrected chi connectivity index (χ2v) is 4.35. The van der Waals surface area contributed by atoms with Gasteiger partial charge in [-0.15, -0.1) is 0 Å². The molecule has 0 saturated heterocycles. The zero-order valence-electron chi connectivity index (χ0n) is 11.2. The number of amides is 2. The number of nitrogens with zero attached hydrogens (tertiary/aromatic N) is 2. The van der Waals surface area contributed by atoms with Crippen LogP contribution in [0.1, 0.15) is 25.3 Å². The van der Waals surface area contributed by atoms with Crippen molar-refractivity contribution in [2.45, 2.75) is 32.4 Å². The van der Waals surface area contributed by atoms with Crippen molar-refractivity contribution in [3.8, 4) is 0 Å². The number of aliphatic carboxylic acids is 1. The number of carboxylic acid groups (broad SMARTS) is 1. The summed E-state index contributed by atoms with van der Waals surface area (Å²) in [4.78, 5) is 28.2. The largest absolute Gasteiger partial charge is 0.480 e. The molecule has 0 saturated carbocycles. The maximum atomic E-state index is 11.9. The van der Waals surface area contributed by atoms with Gasteiger partial charge < -0.3 is 15.3 Å². The van der Waals surface area contributed by atoms with Crippen LogP contribution in [0.25, 0.3) is 0 Å². The van der Waals surface area contributed by atoms with Crippen LogP contribution in [0.2, 0.25) is 0 Å². The summed E-state index contributed by atoms with van der Waals surface area (Å²) in [6.45, 7) is 2.26. The minimum atomic E-state index is -1.01. The predicted molar refractivity (Wildman–Crippen MR) is 70.6 cm³/mol. The van der Waals surface area contributed by atoms with Gasteiger partial charge in [-0.2, -0.15) is 0 Å². The molecule has 2 amide bonds. The quantitative estimate of drug-likeness (QED) is 0.816. The van der Waals surface area contributed by atoms with E-state index in [-0.39, 0.29) is 0 Å². The lowest BCUT2D eigenvalue weighted by atomic mass is 10.2. The maximum Gasteiger partial charge on any atom is 0.326 e. The average Bonchev–Trinajstić information content (AvgIpc) is 2.39. The topological polar surface area (TPSA) is 82.5 Å². The SMILES string of the molecule is CCCC(NC(=O)N(C)Cc1cccnc1)C(=O)O. The molecule has 6 heteroatoms. The van der Waals surface area contributed by atoms with Gasteiger partial charge >= 0.3 is 12.0 Å². The Kier molecular flexibility index (Phi) is 5.78. The fourth-order valence-corrected chi connectivity index (χ4v) is 1.64. The minimum Gasteiger partial charge on any atom is -0.480 e. The summed E-state index contributed by atoms with van der Waals surface area (Å²) in [5.74, 6) is -1.01. The van der Waals surface area contributed by atoms with Crippen molar-refractivity contribution in [1.29, 1.82) is 0 Å². The number of urea groups is 1. The van der Waals surface area contributed by atoms with Crippen LogP contribution in [0.3, 0.4) is 0 Å². The first kappa shape index (κ1) is 14.9. The lowest BCUT2D eigenvalue weighted by Crippen LogP contribution is -2.46. The van der Waals surface area contributed by atoms with Crippen molar-refractivity contribution in [3.63, 3.8) is 0 Å². The zero-order valence-corrected chi connectivity index (χ0v) is 11.2. The van der Waals surface area contributed by atoms with E-state index in [1.165, 1.54) is 4.90 Å². The third kappa shape index (κ3) is 4.95. The summed E-state index contributed by atoms with van der Waals surface area (Å²) < 4.78 is 0. The van der Waals surface area contributed by atoms with Crippen molar-refractivity contribution in [1.82, 2.24) is 15.2 Å². The highest BCUT2D eigenvalue weighted by atomic mass is 16.4.